The number of unbranched alkanes of at least 4 members (excludes halogenated alkanes) is 1. The molecule has 0 radical (unpaired) electrons. The maximum Gasteiger partial charge on any atom is 0.264 e. The lowest BCUT2D eigenvalue weighted by molar-refractivity contribution is -0.140. The van der Waals surface area contributed by atoms with Crippen LogP contribution in [0.1, 0.15) is 49.8 Å². The Bertz CT molecular complexity index is 1490. The zero-order chi connectivity index (χ0) is 31.6. The van der Waals surface area contributed by atoms with E-state index in [9.17, 15) is 18.0 Å². The molecular weight excluding hydrogens is 566 g/mol. The topological polar surface area (TPSA) is 105 Å². The standard InChI is InChI=1S/C33H43N3O6S/c1-7-9-19-34-33(38)29(8-2)35(22-26-12-10-11-25(4)20-26)32(37)23-36(30-21-27(41-5)15-18-31(30)42-6)43(39,40)28-16-13-24(3)14-17-28/h10-18,20-21,29H,7-9,19,22-23H2,1-6H3,(H,34,38)/t29-/m0/s1. The van der Waals surface area contributed by atoms with Crippen LogP contribution >= 0.6 is 0 Å². The summed E-state index contributed by atoms with van der Waals surface area (Å²) in [5.41, 5.74) is 2.88. The Morgan fingerprint density at radius 2 is 1.63 bits per heavy atom. The maximum atomic E-state index is 14.3. The van der Waals surface area contributed by atoms with E-state index >= 15 is 0 Å². The zero-order valence-electron chi connectivity index (χ0n) is 25.9. The molecule has 0 fully saturated rings. The summed E-state index contributed by atoms with van der Waals surface area (Å²) in [6, 6.07) is 18.1. The first-order valence-corrected chi connectivity index (χ1v) is 15.9. The lowest BCUT2D eigenvalue weighted by Gasteiger charge is -2.33. The second-order valence-electron chi connectivity index (χ2n) is 10.4. The van der Waals surface area contributed by atoms with Crippen molar-refractivity contribution in [1.29, 1.82) is 0 Å². The lowest BCUT2D eigenvalue weighted by atomic mass is 10.1. The van der Waals surface area contributed by atoms with Gasteiger partial charge in [-0.05, 0) is 56.5 Å². The molecule has 0 spiro atoms. The molecule has 3 aromatic rings. The summed E-state index contributed by atoms with van der Waals surface area (Å²) in [7, 11) is -1.35. The van der Waals surface area contributed by atoms with Crippen LogP contribution in [0.25, 0.3) is 0 Å². The summed E-state index contributed by atoms with van der Waals surface area (Å²) in [6.45, 7) is 7.75. The highest BCUT2D eigenvalue weighted by molar-refractivity contribution is 7.92. The number of benzene rings is 3. The quantitative estimate of drug-likeness (QED) is 0.236. The molecule has 1 N–H and O–H groups in total. The lowest BCUT2D eigenvalue weighted by Crippen LogP contribution is -2.52. The number of ether oxygens (including phenoxy) is 2. The van der Waals surface area contributed by atoms with Crippen LogP contribution in [0.15, 0.2) is 71.6 Å². The van der Waals surface area contributed by atoms with Gasteiger partial charge in [0.15, 0.2) is 0 Å². The number of hydrogen-bond acceptors (Lipinski definition) is 6. The number of aryl methyl sites for hydroxylation is 2. The molecule has 0 saturated carbocycles. The highest BCUT2D eigenvalue weighted by Crippen LogP contribution is 2.36. The molecule has 232 valence electrons. The minimum atomic E-state index is -4.26. The number of sulfonamides is 1. The van der Waals surface area contributed by atoms with Crippen molar-refractivity contribution < 1.29 is 27.5 Å². The van der Waals surface area contributed by atoms with Gasteiger partial charge >= 0.3 is 0 Å². The summed E-state index contributed by atoms with van der Waals surface area (Å²) in [5, 5.41) is 2.95. The fourth-order valence-electron chi connectivity index (χ4n) is 4.78. The summed E-state index contributed by atoms with van der Waals surface area (Å²) in [6.07, 6.45) is 2.08. The van der Waals surface area contributed by atoms with Crippen molar-refractivity contribution in [2.45, 2.75) is 64.4 Å². The Labute approximate surface area is 255 Å². The molecule has 0 aliphatic heterocycles. The number of anilines is 1. The molecule has 0 saturated heterocycles. The highest BCUT2D eigenvalue weighted by Gasteiger charge is 2.35. The van der Waals surface area contributed by atoms with Crippen LogP contribution in [0.4, 0.5) is 5.69 Å². The third kappa shape index (κ3) is 8.50. The van der Waals surface area contributed by atoms with Gasteiger partial charge in [-0.15, -0.1) is 0 Å². The largest absolute Gasteiger partial charge is 0.497 e. The van der Waals surface area contributed by atoms with Gasteiger partial charge in [0.2, 0.25) is 11.8 Å². The molecule has 9 nitrogen and oxygen atoms in total. The average molecular weight is 610 g/mol. The van der Waals surface area contributed by atoms with Crippen molar-refractivity contribution in [2.24, 2.45) is 0 Å². The van der Waals surface area contributed by atoms with Crippen LogP contribution in [-0.4, -0.2) is 58.5 Å². The van der Waals surface area contributed by atoms with Crippen LogP contribution in [0.5, 0.6) is 11.5 Å². The van der Waals surface area contributed by atoms with E-state index in [0.717, 1.165) is 33.8 Å². The Kier molecular flexibility index (Phi) is 12.0. The third-order valence-electron chi connectivity index (χ3n) is 7.19. The van der Waals surface area contributed by atoms with Crippen molar-refractivity contribution in [3.8, 4) is 11.5 Å². The molecule has 0 heterocycles. The van der Waals surface area contributed by atoms with Gasteiger partial charge in [-0.1, -0.05) is 67.8 Å². The van der Waals surface area contributed by atoms with Crippen LogP contribution < -0.4 is 19.1 Å². The molecule has 2 amide bonds. The molecule has 43 heavy (non-hydrogen) atoms. The van der Waals surface area contributed by atoms with Crippen LogP contribution in [-0.2, 0) is 26.2 Å². The van der Waals surface area contributed by atoms with Gasteiger partial charge < -0.3 is 19.7 Å². The summed E-state index contributed by atoms with van der Waals surface area (Å²) in [5.74, 6) is -0.159. The molecule has 0 unspecified atom stereocenters. The molecular formula is C33H43N3O6S. The second-order valence-corrected chi connectivity index (χ2v) is 12.3. The number of hydrogen-bond donors (Lipinski definition) is 1. The Hall–Kier alpha value is -4.05. The Balaban J connectivity index is 2.13. The Morgan fingerprint density at radius 1 is 0.907 bits per heavy atom. The summed E-state index contributed by atoms with van der Waals surface area (Å²) in [4.78, 5) is 29.2. The van der Waals surface area contributed by atoms with E-state index in [2.05, 4.69) is 5.32 Å². The molecule has 0 bridgehead atoms. The molecule has 0 aliphatic rings. The number of amides is 2. The molecule has 10 heteroatoms. The van der Waals surface area contributed by atoms with Gasteiger partial charge in [-0.3, -0.25) is 13.9 Å². The molecule has 3 rings (SSSR count). The van der Waals surface area contributed by atoms with Crippen molar-refractivity contribution in [3.63, 3.8) is 0 Å². The minimum Gasteiger partial charge on any atom is -0.497 e. The summed E-state index contributed by atoms with van der Waals surface area (Å²) >= 11 is 0. The number of methoxy groups -OCH3 is 2. The second kappa shape index (κ2) is 15.4. The monoisotopic (exact) mass is 609 g/mol. The maximum absolute atomic E-state index is 14.3. The van der Waals surface area contributed by atoms with Crippen molar-refractivity contribution in [1.82, 2.24) is 10.2 Å². The van der Waals surface area contributed by atoms with Gasteiger partial charge in [0, 0.05) is 19.2 Å². The first-order valence-electron chi connectivity index (χ1n) is 14.5. The first-order chi connectivity index (χ1) is 20.5. The van der Waals surface area contributed by atoms with E-state index in [1.807, 2.05) is 52.0 Å². The minimum absolute atomic E-state index is 0.0188. The van der Waals surface area contributed by atoms with E-state index in [4.69, 9.17) is 9.47 Å². The number of carbonyl (C=O) groups is 2. The van der Waals surface area contributed by atoms with Crippen molar-refractivity contribution in [2.75, 3.05) is 31.6 Å². The van der Waals surface area contributed by atoms with Gasteiger partial charge in [0.1, 0.15) is 24.1 Å². The molecule has 0 aliphatic carbocycles. The predicted molar refractivity (Wildman–Crippen MR) is 169 cm³/mol. The average Bonchev–Trinajstić information content (AvgIpc) is 2.99. The van der Waals surface area contributed by atoms with Crippen molar-refractivity contribution in [3.05, 3.63) is 83.4 Å². The predicted octanol–water partition coefficient (Wildman–Crippen LogP) is 5.24. The van der Waals surface area contributed by atoms with Gasteiger partial charge in [0.25, 0.3) is 10.0 Å². The number of nitrogens with zero attached hydrogens (tertiary/aromatic N) is 2. The summed E-state index contributed by atoms with van der Waals surface area (Å²) < 4.78 is 40.4. The van der Waals surface area contributed by atoms with Crippen LogP contribution in [0, 0.1) is 13.8 Å². The van der Waals surface area contributed by atoms with Crippen molar-refractivity contribution >= 4 is 27.5 Å². The van der Waals surface area contributed by atoms with Gasteiger partial charge in [0.05, 0.1) is 24.8 Å². The van der Waals surface area contributed by atoms with Gasteiger partial charge in [-0.2, -0.15) is 0 Å². The first kappa shape index (κ1) is 33.5. The van der Waals surface area contributed by atoms with Crippen LogP contribution in [0.3, 0.4) is 0 Å². The van der Waals surface area contributed by atoms with Crippen LogP contribution in [0.2, 0.25) is 0 Å². The smallest absolute Gasteiger partial charge is 0.264 e. The van der Waals surface area contributed by atoms with E-state index in [-0.39, 0.29) is 28.8 Å². The zero-order valence-corrected chi connectivity index (χ0v) is 26.7. The fraction of sp³-hybridized carbons (Fsp3) is 0.394. The Morgan fingerprint density at radius 3 is 2.23 bits per heavy atom. The number of carbonyl (C=O) groups excluding carboxylic acids is 2. The van der Waals surface area contributed by atoms with Gasteiger partial charge in [-0.25, -0.2) is 8.42 Å². The third-order valence-corrected chi connectivity index (χ3v) is 8.97. The van der Waals surface area contributed by atoms with E-state index in [0.29, 0.717) is 18.7 Å². The number of rotatable bonds is 15. The SMILES string of the molecule is CCCCNC(=O)[C@H](CC)N(Cc1cccc(C)c1)C(=O)CN(c1cc(OC)ccc1OC)S(=O)(=O)c1ccc(C)cc1. The van der Waals surface area contributed by atoms with E-state index in [1.165, 1.54) is 37.3 Å². The molecule has 1 atom stereocenters. The number of nitrogens with one attached hydrogen (secondary N) is 1. The molecule has 3 aromatic carbocycles. The molecule has 0 aromatic heterocycles. The normalized spacial score (nSPS) is 11.9. The highest BCUT2D eigenvalue weighted by atomic mass is 32.2. The van der Waals surface area contributed by atoms with E-state index in [1.54, 1.807) is 24.3 Å². The fourth-order valence-corrected chi connectivity index (χ4v) is 6.19. The van der Waals surface area contributed by atoms with E-state index < -0.39 is 28.5 Å².